The van der Waals surface area contributed by atoms with E-state index < -0.39 is 5.97 Å². The number of hydrogen-bond acceptors (Lipinski definition) is 4. The topological polar surface area (TPSA) is 83.3 Å². The highest BCUT2D eigenvalue weighted by molar-refractivity contribution is 6.03. The van der Waals surface area contributed by atoms with Gasteiger partial charge in [-0.3, -0.25) is 9.78 Å². The molecule has 5 nitrogen and oxygen atoms in total. The van der Waals surface area contributed by atoms with Crippen LogP contribution in [0.25, 0.3) is 33.1 Å². The number of fused-ring (bicyclic) bond motifs is 3. The van der Waals surface area contributed by atoms with Crippen LogP contribution in [0.1, 0.15) is 31.9 Å². The Morgan fingerprint density at radius 3 is 2.38 bits per heavy atom. The minimum absolute atomic E-state index is 0.117. The number of aromatic hydroxyl groups is 1. The summed E-state index contributed by atoms with van der Waals surface area (Å²) in [6, 6.07) is 15.2. The maximum absolute atomic E-state index is 11.3. The van der Waals surface area contributed by atoms with Crippen molar-refractivity contribution in [3.63, 3.8) is 0 Å². The van der Waals surface area contributed by atoms with Gasteiger partial charge in [-0.2, -0.15) is 0 Å². The molecule has 0 unspecified atom stereocenters. The summed E-state index contributed by atoms with van der Waals surface area (Å²) >= 11 is 0. The standard InChI is InChI=1S/C24H22N2O3/c1-24(2,3)18-12-14(13-20(27)28)11-17(23(18)29)19-9-8-16-7-6-15-5-4-10-25-21(15)22(16)26-19/h4-12,29H,13H2,1-3H3,(H,27,28). The number of carboxylic acid groups (broad SMARTS) is 1. The van der Waals surface area contributed by atoms with Gasteiger partial charge in [0.15, 0.2) is 0 Å². The van der Waals surface area contributed by atoms with Crippen molar-refractivity contribution in [2.24, 2.45) is 0 Å². The Labute approximate surface area is 168 Å². The summed E-state index contributed by atoms with van der Waals surface area (Å²) in [5.41, 5.74) is 3.65. The number of phenols is 1. The fourth-order valence-corrected chi connectivity index (χ4v) is 3.61. The zero-order valence-corrected chi connectivity index (χ0v) is 16.6. The summed E-state index contributed by atoms with van der Waals surface area (Å²) in [5.74, 6) is -0.783. The lowest BCUT2D eigenvalue weighted by molar-refractivity contribution is -0.136. The quantitative estimate of drug-likeness (QED) is 0.480. The summed E-state index contributed by atoms with van der Waals surface area (Å²) in [4.78, 5) is 20.6. The Morgan fingerprint density at radius 1 is 1.00 bits per heavy atom. The minimum atomic E-state index is -0.914. The van der Waals surface area contributed by atoms with Gasteiger partial charge in [0.1, 0.15) is 5.75 Å². The first-order valence-corrected chi connectivity index (χ1v) is 9.47. The summed E-state index contributed by atoms with van der Waals surface area (Å²) in [7, 11) is 0. The number of nitrogens with zero attached hydrogens (tertiary/aromatic N) is 2. The van der Waals surface area contributed by atoms with Crippen molar-refractivity contribution in [3.05, 3.63) is 65.9 Å². The average Bonchev–Trinajstić information content (AvgIpc) is 2.67. The SMILES string of the molecule is CC(C)(C)c1cc(CC(=O)O)cc(-c2ccc3ccc4cccnc4c3n2)c1O. The van der Waals surface area contributed by atoms with Crippen LogP contribution in [0.3, 0.4) is 0 Å². The molecular formula is C24H22N2O3. The van der Waals surface area contributed by atoms with E-state index in [4.69, 9.17) is 4.98 Å². The molecule has 0 aliphatic carbocycles. The molecule has 5 heteroatoms. The van der Waals surface area contributed by atoms with Crippen molar-refractivity contribution >= 4 is 27.8 Å². The predicted octanol–water partition coefficient (Wildman–Crippen LogP) is 5.08. The largest absolute Gasteiger partial charge is 0.507 e. The molecule has 2 aromatic carbocycles. The molecule has 0 radical (unpaired) electrons. The van der Waals surface area contributed by atoms with E-state index in [1.165, 1.54) is 0 Å². The molecule has 0 atom stereocenters. The van der Waals surface area contributed by atoms with E-state index in [-0.39, 0.29) is 17.6 Å². The van der Waals surface area contributed by atoms with Crippen molar-refractivity contribution in [1.82, 2.24) is 9.97 Å². The molecule has 146 valence electrons. The number of phenolic OH excluding ortho intramolecular Hbond substituents is 1. The maximum Gasteiger partial charge on any atom is 0.307 e. The van der Waals surface area contributed by atoms with Crippen molar-refractivity contribution in [2.75, 3.05) is 0 Å². The molecule has 0 fully saturated rings. The zero-order valence-electron chi connectivity index (χ0n) is 16.6. The third-order valence-corrected chi connectivity index (χ3v) is 5.04. The second kappa shape index (κ2) is 6.85. The van der Waals surface area contributed by atoms with Crippen LogP contribution < -0.4 is 0 Å². The number of hydrogen-bond donors (Lipinski definition) is 2. The number of rotatable bonds is 3. The van der Waals surface area contributed by atoms with Crippen LogP contribution in [0.15, 0.2) is 54.7 Å². The smallest absolute Gasteiger partial charge is 0.307 e. The van der Waals surface area contributed by atoms with Crippen molar-refractivity contribution in [2.45, 2.75) is 32.6 Å². The number of carboxylic acids is 1. The van der Waals surface area contributed by atoms with Gasteiger partial charge in [0.25, 0.3) is 0 Å². The second-order valence-corrected chi connectivity index (χ2v) is 8.27. The maximum atomic E-state index is 11.3. The van der Waals surface area contributed by atoms with Gasteiger partial charge < -0.3 is 10.2 Å². The van der Waals surface area contributed by atoms with E-state index in [9.17, 15) is 15.0 Å². The lowest BCUT2D eigenvalue weighted by atomic mass is 9.83. The molecule has 2 N–H and O–H groups in total. The first-order valence-electron chi connectivity index (χ1n) is 9.47. The van der Waals surface area contributed by atoms with Crippen LogP contribution in [0.4, 0.5) is 0 Å². The Hall–Kier alpha value is -3.47. The highest BCUT2D eigenvalue weighted by atomic mass is 16.4. The van der Waals surface area contributed by atoms with Crippen LogP contribution in [0, 0.1) is 0 Å². The van der Waals surface area contributed by atoms with Gasteiger partial charge in [0.05, 0.1) is 23.1 Å². The summed E-state index contributed by atoms with van der Waals surface area (Å²) in [5, 5.41) is 22.2. The van der Waals surface area contributed by atoms with Gasteiger partial charge in [-0.05, 0) is 29.2 Å². The highest BCUT2D eigenvalue weighted by Crippen LogP contribution is 2.39. The van der Waals surface area contributed by atoms with E-state index in [0.29, 0.717) is 22.4 Å². The van der Waals surface area contributed by atoms with E-state index in [2.05, 4.69) is 4.98 Å². The van der Waals surface area contributed by atoms with Gasteiger partial charge in [0, 0.05) is 28.1 Å². The van der Waals surface area contributed by atoms with Crippen LogP contribution in [-0.2, 0) is 16.6 Å². The van der Waals surface area contributed by atoms with Crippen LogP contribution in [-0.4, -0.2) is 26.2 Å². The number of benzene rings is 2. The molecule has 0 spiro atoms. The third-order valence-electron chi connectivity index (χ3n) is 5.04. The van der Waals surface area contributed by atoms with E-state index in [1.54, 1.807) is 18.3 Å². The summed E-state index contributed by atoms with van der Waals surface area (Å²) < 4.78 is 0. The lowest BCUT2D eigenvalue weighted by Crippen LogP contribution is -2.13. The first kappa shape index (κ1) is 18.9. The predicted molar refractivity (Wildman–Crippen MR) is 114 cm³/mol. The van der Waals surface area contributed by atoms with Crippen LogP contribution in [0.2, 0.25) is 0 Å². The fourth-order valence-electron chi connectivity index (χ4n) is 3.61. The Bertz CT molecular complexity index is 1260. The highest BCUT2D eigenvalue weighted by Gasteiger charge is 2.23. The Balaban J connectivity index is 1.99. The molecule has 0 aliphatic rings. The number of carbonyl (C=O) groups is 1. The molecule has 29 heavy (non-hydrogen) atoms. The molecule has 4 rings (SSSR count). The van der Waals surface area contributed by atoms with Crippen molar-refractivity contribution in [3.8, 4) is 17.0 Å². The molecule has 2 heterocycles. The molecule has 0 amide bonds. The van der Waals surface area contributed by atoms with Gasteiger partial charge in [-0.1, -0.05) is 51.1 Å². The first-order chi connectivity index (χ1) is 13.7. The summed E-state index contributed by atoms with van der Waals surface area (Å²) in [6.07, 6.45) is 1.62. The average molecular weight is 386 g/mol. The molecule has 4 aromatic rings. The van der Waals surface area contributed by atoms with Gasteiger partial charge >= 0.3 is 5.97 Å². The molecule has 0 saturated heterocycles. The van der Waals surface area contributed by atoms with Gasteiger partial charge in [0.2, 0.25) is 0 Å². The van der Waals surface area contributed by atoms with Crippen molar-refractivity contribution in [1.29, 1.82) is 0 Å². The van der Waals surface area contributed by atoms with Crippen LogP contribution in [0.5, 0.6) is 5.75 Å². The van der Waals surface area contributed by atoms with E-state index >= 15 is 0 Å². The zero-order chi connectivity index (χ0) is 20.8. The monoisotopic (exact) mass is 386 g/mol. The fraction of sp³-hybridized carbons (Fsp3) is 0.208. The number of aliphatic carboxylic acids is 1. The van der Waals surface area contributed by atoms with E-state index in [0.717, 1.165) is 21.8 Å². The van der Waals surface area contributed by atoms with Gasteiger partial charge in [-0.15, -0.1) is 0 Å². The van der Waals surface area contributed by atoms with Gasteiger partial charge in [-0.25, -0.2) is 4.98 Å². The lowest BCUT2D eigenvalue weighted by Gasteiger charge is -2.23. The molecule has 0 aliphatic heterocycles. The Morgan fingerprint density at radius 2 is 1.69 bits per heavy atom. The van der Waals surface area contributed by atoms with E-state index in [1.807, 2.05) is 57.2 Å². The Kier molecular flexibility index (Phi) is 4.46. The number of aromatic nitrogens is 2. The minimum Gasteiger partial charge on any atom is -0.507 e. The number of pyridine rings is 2. The molecule has 0 bridgehead atoms. The summed E-state index contributed by atoms with van der Waals surface area (Å²) in [6.45, 7) is 5.96. The third kappa shape index (κ3) is 3.51. The molecule has 0 saturated carbocycles. The second-order valence-electron chi connectivity index (χ2n) is 8.27. The molecule has 2 aromatic heterocycles. The molecular weight excluding hydrogens is 364 g/mol. The van der Waals surface area contributed by atoms with Crippen LogP contribution >= 0.6 is 0 Å². The normalized spacial score (nSPS) is 11.8. The van der Waals surface area contributed by atoms with Crippen molar-refractivity contribution < 1.29 is 15.0 Å².